The molecule has 160 valence electrons. The van der Waals surface area contributed by atoms with Gasteiger partial charge in [-0.25, -0.2) is 4.98 Å². The zero-order valence-corrected chi connectivity index (χ0v) is 20.0. The van der Waals surface area contributed by atoms with Crippen molar-refractivity contribution < 1.29 is 0 Å². The minimum atomic E-state index is 0. The number of halogens is 1. The molecule has 1 aromatic heterocycles. The molecule has 1 saturated heterocycles. The number of hydrogen-bond donors (Lipinski definition) is 3. The molecule has 2 atom stereocenters. The van der Waals surface area contributed by atoms with Crippen LogP contribution in [-0.2, 0) is 13.0 Å². The van der Waals surface area contributed by atoms with E-state index in [4.69, 9.17) is 0 Å². The van der Waals surface area contributed by atoms with Gasteiger partial charge in [-0.05, 0) is 31.0 Å². The molecule has 3 aromatic rings. The first-order valence-electron chi connectivity index (χ1n) is 10.4. The van der Waals surface area contributed by atoms with Crippen molar-refractivity contribution in [3.05, 3.63) is 66.0 Å². The van der Waals surface area contributed by atoms with Crippen LogP contribution >= 0.6 is 24.0 Å². The van der Waals surface area contributed by atoms with Gasteiger partial charge in [-0.15, -0.1) is 24.0 Å². The van der Waals surface area contributed by atoms with Gasteiger partial charge in [0.25, 0.3) is 0 Å². The van der Waals surface area contributed by atoms with E-state index in [9.17, 15) is 0 Å². The number of aliphatic imine (C=N–C) groups is 1. The van der Waals surface area contributed by atoms with Gasteiger partial charge in [0, 0.05) is 45.2 Å². The molecule has 0 amide bonds. The maximum Gasteiger partial charge on any atom is 0.191 e. The lowest BCUT2D eigenvalue weighted by Crippen LogP contribution is -2.45. The fourth-order valence-corrected chi connectivity index (χ4v) is 4.05. The highest BCUT2D eigenvalue weighted by atomic mass is 127. The van der Waals surface area contributed by atoms with Crippen LogP contribution < -0.4 is 10.6 Å². The van der Waals surface area contributed by atoms with Crippen LogP contribution in [0.3, 0.4) is 0 Å². The van der Waals surface area contributed by atoms with Gasteiger partial charge >= 0.3 is 0 Å². The molecule has 3 N–H and O–H groups in total. The molecule has 0 saturated carbocycles. The number of imidazole rings is 1. The molecule has 1 aliphatic heterocycles. The molecular formula is C23H31IN6. The third kappa shape index (κ3) is 5.72. The number of nitrogens with zero attached hydrogens (tertiary/aromatic N) is 3. The third-order valence-corrected chi connectivity index (χ3v) is 5.59. The van der Waals surface area contributed by atoms with Crippen LogP contribution in [-0.4, -0.2) is 53.0 Å². The van der Waals surface area contributed by atoms with Crippen molar-refractivity contribution in [2.75, 3.05) is 20.1 Å². The van der Waals surface area contributed by atoms with Crippen LogP contribution in [0.1, 0.15) is 24.7 Å². The van der Waals surface area contributed by atoms with Crippen molar-refractivity contribution in [1.82, 2.24) is 25.5 Å². The molecule has 0 bridgehead atoms. The van der Waals surface area contributed by atoms with Crippen molar-refractivity contribution in [2.45, 2.75) is 38.4 Å². The number of benzene rings is 2. The molecule has 30 heavy (non-hydrogen) atoms. The quantitative estimate of drug-likeness (QED) is 0.265. The van der Waals surface area contributed by atoms with Gasteiger partial charge in [0.15, 0.2) is 5.96 Å². The topological polar surface area (TPSA) is 68.3 Å². The monoisotopic (exact) mass is 518 g/mol. The SMILES string of the molecule is CN=C(NCCc1nc2ccccc2[nH]1)NC1CC(C)N(Cc2ccccc2)C1.I. The number of para-hydroxylation sites is 2. The molecule has 0 aliphatic carbocycles. The Morgan fingerprint density at radius 2 is 1.93 bits per heavy atom. The van der Waals surface area contributed by atoms with Crippen LogP contribution in [0.5, 0.6) is 0 Å². The highest BCUT2D eigenvalue weighted by Crippen LogP contribution is 2.20. The number of nitrogens with one attached hydrogen (secondary N) is 3. The molecule has 2 aromatic carbocycles. The average molecular weight is 518 g/mol. The van der Waals surface area contributed by atoms with Crippen molar-refractivity contribution in [2.24, 2.45) is 4.99 Å². The fraction of sp³-hybridized carbons (Fsp3) is 0.391. The number of hydrogen-bond acceptors (Lipinski definition) is 3. The molecule has 0 radical (unpaired) electrons. The Kier molecular flexibility index (Phi) is 8.09. The zero-order chi connectivity index (χ0) is 20.1. The van der Waals surface area contributed by atoms with Gasteiger partial charge in [0.05, 0.1) is 11.0 Å². The summed E-state index contributed by atoms with van der Waals surface area (Å²) >= 11 is 0. The Hall–Kier alpha value is -2.13. The van der Waals surface area contributed by atoms with Crippen LogP contribution in [0.4, 0.5) is 0 Å². The van der Waals surface area contributed by atoms with Gasteiger partial charge < -0.3 is 15.6 Å². The van der Waals surface area contributed by atoms with Crippen molar-refractivity contribution in [3.8, 4) is 0 Å². The lowest BCUT2D eigenvalue weighted by atomic mass is 10.2. The lowest BCUT2D eigenvalue weighted by molar-refractivity contribution is 0.258. The van der Waals surface area contributed by atoms with E-state index in [1.165, 1.54) is 5.56 Å². The summed E-state index contributed by atoms with van der Waals surface area (Å²) in [6, 6.07) is 19.8. The van der Waals surface area contributed by atoms with Gasteiger partial charge in [0.1, 0.15) is 5.82 Å². The minimum absolute atomic E-state index is 0. The van der Waals surface area contributed by atoms with E-state index in [0.717, 1.165) is 55.3 Å². The van der Waals surface area contributed by atoms with Crippen LogP contribution in [0, 0.1) is 0 Å². The van der Waals surface area contributed by atoms with E-state index < -0.39 is 0 Å². The molecule has 0 spiro atoms. The molecular weight excluding hydrogens is 487 g/mol. The van der Waals surface area contributed by atoms with Crippen molar-refractivity contribution in [1.29, 1.82) is 0 Å². The van der Waals surface area contributed by atoms with E-state index in [0.29, 0.717) is 12.1 Å². The maximum absolute atomic E-state index is 4.64. The number of H-pyrrole nitrogens is 1. The number of likely N-dealkylation sites (tertiary alicyclic amines) is 1. The molecule has 7 heteroatoms. The highest BCUT2D eigenvalue weighted by molar-refractivity contribution is 14.0. The Morgan fingerprint density at radius 3 is 2.70 bits per heavy atom. The van der Waals surface area contributed by atoms with Crippen LogP contribution in [0.15, 0.2) is 59.6 Å². The summed E-state index contributed by atoms with van der Waals surface area (Å²) in [6.07, 6.45) is 1.95. The van der Waals surface area contributed by atoms with Crippen LogP contribution in [0.2, 0.25) is 0 Å². The Morgan fingerprint density at radius 1 is 1.17 bits per heavy atom. The largest absolute Gasteiger partial charge is 0.356 e. The Bertz CT molecular complexity index is 921. The molecule has 2 unspecified atom stereocenters. The minimum Gasteiger partial charge on any atom is -0.356 e. The van der Waals surface area contributed by atoms with Gasteiger partial charge in [0.2, 0.25) is 0 Å². The van der Waals surface area contributed by atoms with E-state index in [1.807, 2.05) is 25.2 Å². The van der Waals surface area contributed by atoms with Crippen LogP contribution in [0.25, 0.3) is 11.0 Å². The first-order chi connectivity index (χ1) is 14.2. The first kappa shape index (κ1) is 22.6. The standard InChI is InChI=1S/C23H30N6.HI/c1-17-14-19(16-29(17)15-18-8-4-3-5-9-18)26-23(24-2)25-13-12-22-27-20-10-6-7-11-21(20)28-22;/h3-11,17,19H,12-16H2,1-2H3,(H,27,28)(H2,24,25,26);1H. The molecule has 1 fully saturated rings. The second kappa shape index (κ2) is 10.8. The summed E-state index contributed by atoms with van der Waals surface area (Å²) in [6.45, 7) is 5.12. The van der Waals surface area contributed by atoms with E-state index >= 15 is 0 Å². The molecule has 2 heterocycles. The molecule has 4 rings (SSSR count). The van der Waals surface area contributed by atoms with Gasteiger partial charge in [-0.2, -0.15) is 0 Å². The second-order valence-corrected chi connectivity index (χ2v) is 7.79. The normalized spacial score (nSPS) is 19.6. The number of rotatable bonds is 6. The molecule has 1 aliphatic rings. The summed E-state index contributed by atoms with van der Waals surface area (Å²) in [5.41, 5.74) is 3.47. The smallest absolute Gasteiger partial charge is 0.191 e. The fourth-order valence-electron chi connectivity index (χ4n) is 4.05. The third-order valence-electron chi connectivity index (χ3n) is 5.59. The summed E-state index contributed by atoms with van der Waals surface area (Å²) in [5.74, 6) is 1.86. The average Bonchev–Trinajstić information content (AvgIpc) is 3.30. The Labute approximate surface area is 195 Å². The summed E-state index contributed by atoms with van der Waals surface area (Å²) in [5, 5.41) is 7.02. The maximum atomic E-state index is 4.64. The van der Waals surface area contributed by atoms with E-state index in [2.05, 4.69) is 73.8 Å². The molecule has 6 nitrogen and oxygen atoms in total. The second-order valence-electron chi connectivity index (χ2n) is 7.79. The predicted octanol–water partition coefficient (Wildman–Crippen LogP) is 3.55. The van der Waals surface area contributed by atoms with Crippen molar-refractivity contribution in [3.63, 3.8) is 0 Å². The summed E-state index contributed by atoms with van der Waals surface area (Å²) in [4.78, 5) is 15.0. The predicted molar refractivity (Wildman–Crippen MR) is 134 cm³/mol. The number of aromatic amines is 1. The van der Waals surface area contributed by atoms with Gasteiger partial charge in [-0.1, -0.05) is 42.5 Å². The highest BCUT2D eigenvalue weighted by Gasteiger charge is 2.29. The first-order valence-corrected chi connectivity index (χ1v) is 10.4. The van der Waals surface area contributed by atoms with Gasteiger partial charge in [-0.3, -0.25) is 9.89 Å². The van der Waals surface area contributed by atoms with Crippen molar-refractivity contribution >= 4 is 41.0 Å². The number of guanidine groups is 1. The lowest BCUT2D eigenvalue weighted by Gasteiger charge is -2.21. The number of fused-ring (bicyclic) bond motifs is 1. The van der Waals surface area contributed by atoms with E-state index in [-0.39, 0.29) is 24.0 Å². The number of aromatic nitrogens is 2. The summed E-state index contributed by atoms with van der Waals surface area (Å²) < 4.78 is 0. The van der Waals surface area contributed by atoms with E-state index in [1.54, 1.807) is 0 Å². The Balaban J connectivity index is 0.00000256. The summed E-state index contributed by atoms with van der Waals surface area (Å²) in [7, 11) is 1.83. The zero-order valence-electron chi connectivity index (χ0n) is 17.6.